The van der Waals surface area contributed by atoms with Gasteiger partial charge in [-0.1, -0.05) is 24.3 Å². The molecule has 0 saturated heterocycles. The fourth-order valence-electron chi connectivity index (χ4n) is 2.37. The van der Waals surface area contributed by atoms with Crippen LogP contribution in [0, 0.1) is 20.8 Å². The first-order chi connectivity index (χ1) is 9.18. The first-order valence-corrected chi connectivity index (χ1v) is 6.90. The van der Waals surface area contributed by atoms with Crippen LogP contribution in [0.15, 0.2) is 30.6 Å². The summed E-state index contributed by atoms with van der Waals surface area (Å²) in [7, 11) is 0. The van der Waals surface area contributed by atoms with Gasteiger partial charge in [0, 0.05) is 5.69 Å². The molecule has 100 valence electrons. The number of unbranched alkanes of at least 4 members (excludes halogenated alkanes) is 1. The maximum atomic E-state index is 4.26. The average molecular weight is 254 g/mol. The van der Waals surface area contributed by atoms with Crippen molar-refractivity contribution in [2.45, 2.75) is 40.0 Å². The summed E-state index contributed by atoms with van der Waals surface area (Å²) in [6, 6.07) is 6.53. The van der Waals surface area contributed by atoms with E-state index in [1.54, 1.807) is 6.33 Å². The SMILES string of the molecule is Cc1cccc(C)c1CCCC=Cc1nc[nH]c1C. The lowest BCUT2D eigenvalue weighted by Gasteiger charge is -2.08. The normalized spacial score (nSPS) is 11.3. The summed E-state index contributed by atoms with van der Waals surface area (Å²) >= 11 is 0. The molecule has 0 atom stereocenters. The Morgan fingerprint density at radius 2 is 1.89 bits per heavy atom. The van der Waals surface area contributed by atoms with Crippen LogP contribution < -0.4 is 0 Å². The first kappa shape index (κ1) is 13.6. The third-order valence-electron chi connectivity index (χ3n) is 3.59. The van der Waals surface area contributed by atoms with Crippen LogP contribution >= 0.6 is 0 Å². The van der Waals surface area contributed by atoms with Gasteiger partial charge in [-0.3, -0.25) is 0 Å². The third kappa shape index (κ3) is 3.57. The van der Waals surface area contributed by atoms with Crippen LogP contribution in [-0.2, 0) is 6.42 Å². The van der Waals surface area contributed by atoms with E-state index < -0.39 is 0 Å². The van der Waals surface area contributed by atoms with Crippen molar-refractivity contribution in [2.24, 2.45) is 0 Å². The number of aryl methyl sites for hydroxylation is 3. The minimum atomic E-state index is 1.05. The highest BCUT2D eigenvalue weighted by molar-refractivity contribution is 5.46. The third-order valence-corrected chi connectivity index (χ3v) is 3.59. The Morgan fingerprint density at radius 1 is 1.16 bits per heavy atom. The lowest BCUT2D eigenvalue weighted by molar-refractivity contribution is 0.833. The molecule has 19 heavy (non-hydrogen) atoms. The van der Waals surface area contributed by atoms with Gasteiger partial charge >= 0.3 is 0 Å². The molecule has 0 saturated carbocycles. The van der Waals surface area contributed by atoms with Crippen LogP contribution in [0.4, 0.5) is 0 Å². The molecule has 2 heteroatoms. The van der Waals surface area contributed by atoms with E-state index in [-0.39, 0.29) is 0 Å². The van der Waals surface area contributed by atoms with Gasteiger partial charge in [-0.2, -0.15) is 0 Å². The largest absolute Gasteiger partial charge is 0.348 e. The Morgan fingerprint density at radius 3 is 2.53 bits per heavy atom. The second-order valence-corrected chi connectivity index (χ2v) is 5.08. The molecule has 0 amide bonds. The molecular formula is C17H22N2. The number of hydrogen-bond donors (Lipinski definition) is 1. The lowest BCUT2D eigenvalue weighted by Crippen LogP contribution is -1.93. The number of H-pyrrole nitrogens is 1. The van der Waals surface area contributed by atoms with Crippen molar-refractivity contribution in [3.63, 3.8) is 0 Å². The molecule has 0 aliphatic carbocycles. The molecule has 0 aliphatic rings. The molecule has 0 fully saturated rings. The van der Waals surface area contributed by atoms with Gasteiger partial charge in [0.25, 0.3) is 0 Å². The summed E-state index contributed by atoms with van der Waals surface area (Å²) in [5, 5.41) is 0. The predicted octanol–water partition coefficient (Wildman–Crippen LogP) is 4.37. The fourth-order valence-corrected chi connectivity index (χ4v) is 2.37. The van der Waals surface area contributed by atoms with E-state index in [9.17, 15) is 0 Å². The number of aromatic nitrogens is 2. The summed E-state index contributed by atoms with van der Waals surface area (Å²) in [6.07, 6.45) is 9.51. The molecule has 2 rings (SSSR count). The van der Waals surface area contributed by atoms with Gasteiger partial charge in [0.15, 0.2) is 0 Å². The molecule has 1 heterocycles. The van der Waals surface area contributed by atoms with Gasteiger partial charge in [-0.25, -0.2) is 4.98 Å². The highest BCUT2D eigenvalue weighted by Crippen LogP contribution is 2.16. The van der Waals surface area contributed by atoms with Crippen LogP contribution in [0.1, 0.15) is 40.9 Å². The number of nitrogens with one attached hydrogen (secondary N) is 1. The number of allylic oxidation sites excluding steroid dienone is 1. The molecule has 0 spiro atoms. The summed E-state index contributed by atoms with van der Waals surface area (Å²) in [5.74, 6) is 0. The zero-order valence-electron chi connectivity index (χ0n) is 12.0. The first-order valence-electron chi connectivity index (χ1n) is 6.90. The van der Waals surface area contributed by atoms with Crippen LogP contribution in [-0.4, -0.2) is 9.97 Å². The van der Waals surface area contributed by atoms with E-state index in [1.807, 2.05) is 6.92 Å². The minimum Gasteiger partial charge on any atom is -0.348 e. The van der Waals surface area contributed by atoms with Crippen molar-refractivity contribution in [3.8, 4) is 0 Å². The molecule has 0 radical (unpaired) electrons. The Kier molecular flexibility index (Phi) is 4.56. The van der Waals surface area contributed by atoms with Crippen LogP contribution in [0.2, 0.25) is 0 Å². The summed E-state index contributed by atoms with van der Waals surface area (Å²) in [5.41, 5.74) is 6.50. The summed E-state index contributed by atoms with van der Waals surface area (Å²) in [4.78, 5) is 7.35. The number of imidazole rings is 1. The quantitative estimate of drug-likeness (QED) is 0.788. The number of nitrogens with zero attached hydrogens (tertiary/aromatic N) is 1. The van der Waals surface area contributed by atoms with Crippen LogP contribution in [0.5, 0.6) is 0 Å². The molecule has 1 N–H and O–H groups in total. The van der Waals surface area contributed by atoms with Crippen molar-refractivity contribution < 1.29 is 0 Å². The second kappa shape index (κ2) is 6.37. The van der Waals surface area contributed by atoms with E-state index in [2.05, 4.69) is 54.2 Å². The Hall–Kier alpha value is -1.83. The Balaban J connectivity index is 1.84. The van der Waals surface area contributed by atoms with Crippen molar-refractivity contribution in [3.05, 3.63) is 58.7 Å². The number of benzene rings is 1. The monoisotopic (exact) mass is 254 g/mol. The molecule has 1 aromatic carbocycles. The highest BCUT2D eigenvalue weighted by Gasteiger charge is 2.01. The molecule has 0 unspecified atom stereocenters. The topological polar surface area (TPSA) is 28.7 Å². The lowest BCUT2D eigenvalue weighted by atomic mass is 9.98. The second-order valence-electron chi connectivity index (χ2n) is 5.08. The van der Waals surface area contributed by atoms with Gasteiger partial charge < -0.3 is 4.98 Å². The zero-order chi connectivity index (χ0) is 13.7. The smallest absolute Gasteiger partial charge is 0.0929 e. The van der Waals surface area contributed by atoms with Gasteiger partial charge in [0.1, 0.15) is 0 Å². The average Bonchev–Trinajstić information content (AvgIpc) is 2.78. The van der Waals surface area contributed by atoms with E-state index >= 15 is 0 Å². The van der Waals surface area contributed by atoms with Crippen LogP contribution in [0.3, 0.4) is 0 Å². The summed E-state index contributed by atoms with van der Waals surface area (Å²) < 4.78 is 0. The predicted molar refractivity (Wildman–Crippen MR) is 81.2 cm³/mol. The fraction of sp³-hybridized carbons (Fsp3) is 0.353. The number of hydrogen-bond acceptors (Lipinski definition) is 1. The standard InChI is InChI=1S/C17H22N2/c1-13-8-7-9-14(2)16(13)10-5-4-6-11-17-15(3)18-12-19-17/h6-9,11-12H,4-5,10H2,1-3H3,(H,18,19). The van der Waals surface area contributed by atoms with Crippen molar-refractivity contribution >= 4 is 6.08 Å². The van der Waals surface area contributed by atoms with Crippen molar-refractivity contribution in [2.75, 3.05) is 0 Å². The van der Waals surface area contributed by atoms with E-state index in [4.69, 9.17) is 0 Å². The van der Waals surface area contributed by atoms with Crippen molar-refractivity contribution in [1.29, 1.82) is 0 Å². The minimum absolute atomic E-state index is 1.05. The van der Waals surface area contributed by atoms with Crippen LogP contribution in [0.25, 0.3) is 6.08 Å². The number of aromatic amines is 1. The van der Waals surface area contributed by atoms with Crippen molar-refractivity contribution in [1.82, 2.24) is 9.97 Å². The van der Waals surface area contributed by atoms with E-state index in [1.165, 1.54) is 23.1 Å². The summed E-state index contributed by atoms with van der Waals surface area (Å²) in [6.45, 7) is 6.44. The molecule has 0 aliphatic heterocycles. The number of rotatable bonds is 5. The van der Waals surface area contributed by atoms with E-state index in [0.717, 1.165) is 24.2 Å². The highest BCUT2D eigenvalue weighted by atomic mass is 14.9. The molecular weight excluding hydrogens is 232 g/mol. The molecule has 2 aromatic rings. The molecule has 2 nitrogen and oxygen atoms in total. The van der Waals surface area contributed by atoms with Gasteiger partial charge in [-0.05, 0) is 62.8 Å². The van der Waals surface area contributed by atoms with Gasteiger partial charge in [0.05, 0.1) is 12.0 Å². The Labute approximate surface area is 115 Å². The zero-order valence-corrected chi connectivity index (χ0v) is 12.0. The maximum absolute atomic E-state index is 4.26. The van der Waals surface area contributed by atoms with Gasteiger partial charge in [0.2, 0.25) is 0 Å². The Bertz CT molecular complexity index is 544. The van der Waals surface area contributed by atoms with Gasteiger partial charge in [-0.15, -0.1) is 0 Å². The van der Waals surface area contributed by atoms with E-state index in [0.29, 0.717) is 0 Å². The maximum Gasteiger partial charge on any atom is 0.0929 e. The molecule has 0 bridgehead atoms. The molecule has 1 aromatic heterocycles.